The molecule has 0 amide bonds. The van der Waals surface area contributed by atoms with Crippen molar-refractivity contribution in [1.29, 1.82) is 0 Å². The molecule has 1 aromatic rings. The number of aliphatic hydroxyl groups is 1. The van der Waals surface area contributed by atoms with E-state index in [0.717, 1.165) is 44.1 Å². The highest BCUT2D eigenvalue weighted by Gasteiger charge is 2.13. The van der Waals surface area contributed by atoms with Crippen molar-refractivity contribution in [2.24, 2.45) is 0 Å². The lowest BCUT2D eigenvalue weighted by Crippen LogP contribution is -2.27. The number of aromatic nitrogens is 1. The van der Waals surface area contributed by atoms with Gasteiger partial charge >= 0.3 is 0 Å². The number of hydrogen-bond donors (Lipinski definition) is 1. The summed E-state index contributed by atoms with van der Waals surface area (Å²) >= 11 is 0. The van der Waals surface area contributed by atoms with E-state index in [4.69, 9.17) is 4.74 Å². The molecule has 2 heterocycles. The van der Waals surface area contributed by atoms with E-state index in [-0.39, 0.29) is 6.61 Å². The fourth-order valence-corrected chi connectivity index (χ4v) is 1.80. The van der Waals surface area contributed by atoms with Gasteiger partial charge in [0.15, 0.2) is 0 Å². The molecule has 0 spiro atoms. The molecule has 1 fully saturated rings. The van der Waals surface area contributed by atoms with Crippen LogP contribution in [0.2, 0.25) is 0 Å². The van der Waals surface area contributed by atoms with E-state index >= 15 is 0 Å². The Labute approximate surface area is 89.5 Å². The van der Waals surface area contributed by atoms with E-state index in [1.807, 2.05) is 12.1 Å². The van der Waals surface area contributed by atoms with Crippen LogP contribution in [0.3, 0.4) is 0 Å². The van der Waals surface area contributed by atoms with Gasteiger partial charge in [-0.15, -0.1) is 0 Å². The molecular formula is C11H16N2O2. The first-order valence-electron chi connectivity index (χ1n) is 5.29. The first-order valence-corrected chi connectivity index (χ1v) is 5.29. The van der Waals surface area contributed by atoms with Crippen LogP contribution in [0, 0.1) is 0 Å². The lowest BCUT2D eigenvalue weighted by molar-refractivity contribution is 0.152. The van der Waals surface area contributed by atoms with Crippen molar-refractivity contribution in [3.63, 3.8) is 0 Å². The van der Waals surface area contributed by atoms with E-state index in [1.54, 1.807) is 6.20 Å². The first-order chi connectivity index (χ1) is 7.42. The second kappa shape index (κ2) is 5.09. The normalized spacial score (nSPS) is 17.5. The molecular weight excluding hydrogens is 192 g/mol. The molecule has 0 aliphatic carbocycles. The molecule has 15 heavy (non-hydrogen) atoms. The summed E-state index contributed by atoms with van der Waals surface area (Å²) in [4.78, 5) is 6.50. The molecule has 1 N–H and O–H groups in total. The molecule has 4 heteroatoms. The van der Waals surface area contributed by atoms with Crippen LogP contribution in [0.15, 0.2) is 18.3 Å². The maximum absolute atomic E-state index is 9.22. The Kier molecular flexibility index (Phi) is 3.53. The number of nitrogens with zero attached hydrogens (tertiary/aromatic N) is 2. The van der Waals surface area contributed by atoms with Crippen molar-refractivity contribution in [2.75, 3.05) is 31.2 Å². The quantitative estimate of drug-likeness (QED) is 0.781. The van der Waals surface area contributed by atoms with Crippen LogP contribution in [0.25, 0.3) is 0 Å². The minimum absolute atomic E-state index is 0.0422. The molecule has 1 saturated heterocycles. The van der Waals surface area contributed by atoms with Crippen LogP contribution in [0.4, 0.5) is 5.82 Å². The number of rotatable bonds is 2. The zero-order chi connectivity index (χ0) is 10.5. The molecule has 1 aromatic heterocycles. The molecule has 0 aromatic carbocycles. The maximum Gasteiger partial charge on any atom is 0.134 e. The summed E-state index contributed by atoms with van der Waals surface area (Å²) < 4.78 is 5.39. The third-order valence-electron chi connectivity index (χ3n) is 2.56. The zero-order valence-corrected chi connectivity index (χ0v) is 8.72. The summed E-state index contributed by atoms with van der Waals surface area (Å²) in [5.41, 5.74) is 0.888. The first kappa shape index (κ1) is 10.4. The van der Waals surface area contributed by atoms with E-state index in [0.29, 0.717) is 0 Å². The number of aliphatic hydroxyl groups excluding tert-OH is 1. The third kappa shape index (κ3) is 2.46. The average Bonchev–Trinajstić information content (AvgIpc) is 2.57. The fourth-order valence-electron chi connectivity index (χ4n) is 1.80. The van der Waals surface area contributed by atoms with Gasteiger partial charge in [-0.1, -0.05) is 6.07 Å². The molecule has 82 valence electrons. The van der Waals surface area contributed by atoms with Gasteiger partial charge < -0.3 is 14.7 Å². The zero-order valence-electron chi connectivity index (χ0n) is 8.72. The van der Waals surface area contributed by atoms with Crippen LogP contribution in [-0.4, -0.2) is 36.4 Å². The SMILES string of the molecule is OCc1cccnc1N1CCCOCC1. The lowest BCUT2D eigenvalue weighted by atomic mass is 10.2. The summed E-state index contributed by atoms with van der Waals surface area (Å²) in [6, 6.07) is 3.76. The smallest absolute Gasteiger partial charge is 0.134 e. The highest BCUT2D eigenvalue weighted by atomic mass is 16.5. The number of ether oxygens (including phenoxy) is 1. The lowest BCUT2D eigenvalue weighted by Gasteiger charge is -2.22. The number of anilines is 1. The van der Waals surface area contributed by atoms with Crippen LogP contribution in [-0.2, 0) is 11.3 Å². The van der Waals surface area contributed by atoms with Crippen molar-refractivity contribution in [3.8, 4) is 0 Å². The van der Waals surface area contributed by atoms with Crippen LogP contribution in [0.1, 0.15) is 12.0 Å². The number of pyridine rings is 1. The highest BCUT2D eigenvalue weighted by molar-refractivity contribution is 5.46. The fraction of sp³-hybridized carbons (Fsp3) is 0.545. The van der Waals surface area contributed by atoms with Crippen molar-refractivity contribution in [1.82, 2.24) is 4.98 Å². The molecule has 0 radical (unpaired) electrons. The summed E-state index contributed by atoms with van der Waals surface area (Å²) in [5.74, 6) is 0.894. The van der Waals surface area contributed by atoms with E-state index < -0.39 is 0 Å². The van der Waals surface area contributed by atoms with Crippen molar-refractivity contribution >= 4 is 5.82 Å². The standard InChI is InChI=1S/C11H16N2O2/c14-9-10-3-1-4-12-11(10)13-5-2-7-15-8-6-13/h1,3-4,14H,2,5-9H2. The summed E-state index contributed by atoms with van der Waals surface area (Å²) in [6.45, 7) is 3.40. The highest BCUT2D eigenvalue weighted by Crippen LogP contribution is 2.18. The predicted molar refractivity (Wildman–Crippen MR) is 57.8 cm³/mol. The second-order valence-electron chi connectivity index (χ2n) is 3.60. The molecule has 2 rings (SSSR count). The Morgan fingerprint density at radius 1 is 1.40 bits per heavy atom. The van der Waals surface area contributed by atoms with Crippen molar-refractivity contribution in [3.05, 3.63) is 23.9 Å². The Balaban J connectivity index is 2.18. The Morgan fingerprint density at radius 2 is 2.33 bits per heavy atom. The van der Waals surface area contributed by atoms with Crippen molar-refractivity contribution < 1.29 is 9.84 Å². The monoisotopic (exact) mass is 208 g/mol. The maximum atomic E-state index is 9.22. The van der Waals surface area contributed by atoms with Gasteiger partial charge in [-0.3, -0.25) is 0 Å². The second-order valence-corrected chi connectivity index (χ2v) is 3.60. The number of hydrogen-bond acceptors (Lipinski definition) is 4. The van der Waals surface area contributed by atoms with Gasteiger partial charge in [0.2, 0.25) is 0 Å². The van der Waals surface area contributed by atoms with Crippen LogP contribution >= 0.6 is 0 Å². The minimum atomic E-state index is 0.0422. The Bertz CT molecular complexity index is 309. The van der Waals surface area contributed by atoms with Gasteiger partial charge in [0, 0.05) is 31.5 Å². The predicted octanol–water partition coefficient (Wildman–Crippen LogP) is 0.801. The van der Waals surface area contributed by atoms with Crippen LogP contribution in [0.5, 0.6) is 0 Å². The van der Waals surface area contributed by atoms with Crippen molar-refractivity contribution in [2.45, 2.75) is 13.0 Å². The van der Waals surface area contributed by atoms with Gasteiger partial charge in [0.05, 0.1) is 13.2 Å². The molecule has 0 bridgehead atoms. The minimum Gasteiger partial charge on any atom is -0.392 e. The third-order valence-corrected chi connectivity index (χ3v) is 2.56. The van der Waals surface area contributed by atoms with Gasteiger partial charge in [-0.25, -0.2) is 4.98 Å². The van der Waals surface area contributed by atoms with E-state index in [1.165, 1.54) is 0 Å². The molecule has 4 nitrogen and oxygen atoms in total. The molecule has 0 atom stereocenters. The molecule has 1 aliphatic rings. The Hall–Kier alpha value is -1.13. The van der Waals surface area contributed by atoms with Crippen LogP contribution < -0.4 is 4.90 Å². The van der Waals surface area contributed by atoms with E-state index in [9.17, 15) is 5.11 Å². The molecule has 1 aliphatic heterocycles. The van der Waals surface area contributed by atoms with Gasteiger partial charge in [-0.2, -0.15) is 0 Å². The summed E-state index contributed by atoms with van der Waals surface area (Å²) in [5, 5.41) is 9.22. The van der Waals surface area contributed by atoms with Gasteiger partial charge in [-0.05, 0) is 12.5 Å². The van der Waals surface area contributed by atoms with E-state index in [2.05, 4.69) is 9.88 Å². The average molecular weight is 208 g/mol. The summed E-state index contributed by atoms with van der Waals surface area (Å²) in [6.07, 6.45) is 2.78. The topological polar surface area (TPSA) is 45.6 Å². The summed E-state index contributed by atoms with van der Waals surface area (Å²) in [7, 11) is 0. The largest absolute Gasteiger partial charge is 0.392 e. The van der Waals surface area contributed by atoms with Gasteiger partial charge in [0.25, 0.3) is 0 Å². The molecule has 0 unspecified atom stereocenters. The Morgan fingerprint density at radius 3 is 3.20 bits per heavy atom. The van der Waals surface area contributed by atoms with Gasteiger partial charge in [0.1, 0.15) is 5.82 Å². The molecule has 0 saturated carbocycles.